The van der Waals surface area contributed by atoms with Gasteiger partial charge >= 0.3 is 0 Å². The average Bonchev–Trinajstić information content (AvgIpc) is 3.01. The molecule has 0 saturated carbocycles. The number of hydrogen-bond donors (Lipinski definition) is 11. The number of ether oxygens (including phenoxy) is 5. The van der Waals surface area contributed by atoms with Crippen LogP contribution >= 0.6 is 24.0 Å². The lowest BCUT2D eigenvalue weighted by Crippen LogP contribution is -2.67. The number of rotatable bonds is 10. The molecule has 256 valence electrons. The summed E-state index contributed by atoms with van der Waals surface area (Å²) in [6, 6.07) is 0. The van der Waals surface area contributed by atoms with Crippen LogP contribution in [0.4, 0.5) is 0 Å². The smallest absolute Gasteiger partial charge is 0.187 e. The van der Waals surface area contributed by atoms with Gasteiger partial charge in [0.25, 0.3) is 0 Å². The van der Waals surface area contributed by atoms with E-state index in [0.29, 0.717) is 24.7 Å². The quantitative estimate of drug-likeness (QED) is 0.0771. The van der Waals surface area contributed by atoms with Crippen LogP contribution in [0.5, 0.6) is 0 Å². The van der Waals surface area contributed by atoms with E-state index < -0.39 is 93.1 Å². The van der Waals surface area contributed by atoms with Gasteiger partial charge in [-0.05, 0) is 25.1 Å². The van der Waals surface area contributed by atoms with Crippen molar-refractivity contribution >= 4 is 29.1 Å². The van der Waals surface area contributed by atoms with Crippen LogP contribution in [0.2, 0.25) is 0 Å². The van der Waals surface area contributed by atoms with Crippen LogP contribution in [0.3, 0.4) is 0 Å². The first-order valence-corrected chi connectivity index (χ1v) is 16.5. The third kappa shape index (κ3) is 8.68. The summed E-state index contributed by atoms with van der Waals surface area (Å²) >= 11 is 6.87. The number of thiocarbonyl (C=S) groups is 1. The van der Waals surface area contributed by atoms with Gasteiger partial charge in [0.15, 0.2) is 23.9 Å². The molecule has 6 unspecified atom stereocenters. The fraction of sp³-hybridized carbons (Fsp3) is 0.962. The maximum Gasteiger partial charge on any atom is 0.187 e. The lowest BCUT2D eigenvalue weighted by atomic mass is 9.85. The van der Waals surface area contributed by atoms with E-state index in [2.05, 4.69) is 10.6 Å². The van der Waals surface area contributed by atoms with Gasteiger partial charge in [-0.2, -0.15) is 11.8 Å². The lowest BCUT2D eigenvalue weighted by molar-refractivity contribution is -0.342. The second-order valence-corrected chi connectivity index (χ2v) is 13.0. The molecule has 5 fully saturated rings. The van der Waals surface area contributed by atoms with Crippen molar-refractivity contribution in [1.29, 1.82) is 0 Å². The molecule has 0 aromatic heterocycles. The zero-order valence-corrected chi connectivity index (χ0v) is 25.7. The van der Waals surface area contributed by atoms with E-state index in [1.807, 2.05) is 0 Å². The number of fused-ring (bicyclic) bond motifs is 7. The lowest BCUT2D eigenvalue weighted by Gasteiger charge is -2.46. The Kier molecular flexibility index (Phi) is 14.1. The van der Waals surface area contributed by atoms with Gasteiger partial charge in [-0.15, -0.1) is 0 Å². The largest absolute Gasteiger partial charge is 0.394 e. The van der Waals surface area contributed by atoms with Crippen LogP contribution in [0.1, 0.15) is 25.7 Å². The van der Waals surface area contributed by atoms with Gasteiger partial charge in [0.1, 0.15) is 54.9 Å². The van der Waals surface area contributed by atoms with E-state index in [9.17, 15) is 46.0 Å². The summed E-state index contributed by atoms with van der Waals surface area (Å²) in [7, 11) is 0. The van der Waals surface area contributed by atoms with Gasteiger partial charge in [0.2, 0.25) is 0 Å². The molecule has 0 aliphatic carbocycles. The van der Waals surface area contributed by atoms with Gasteiger partial charge in [0.05, 0.1) is 25.4 Å². The zero-order chi connectivity index (χ0) is 32.0. The van der Waals surface area contributed by atoms with Gasteiger partial charge in [-0.25, -0.2) is 0 Å². The summed E-state index contributed by atoms with van der Waals surface area (Å²) in [5.41, 5.74) is 0. The van der Waals surface area contributed by atoms with Crippen LogP contribution in [0.15, 0.2) is 0 Å². The number of aliphatic hydroxyl groups excluding tert-OH is 9. The minimum absolute atomic E-state index is 0.104. The molecule has 5 saturated heterocycles. The normalized spacial score (nSPS) is 45.1. The Labute approximate surface area is 264 Å². The first-order valence-electron chi connectivity index (χ1n) is 14.9. The second-order valence-electron chi connectivity index (χ2n) is 11.4. The van der Waals surface area contributed by atoms with E-state index in [1.54, 1.807) is 11.8 Å². The molecular formula is C26H46N2O14S2. The van der Waals surface area contributed by atoms with Crippen molar-refractivity contribution in [1.82, 2.24) is 10.6 Å². The SMILES string of the molecule is OCC1O[C@@H](O[C@@H]2C(CO)O[C@@H](NC(=S)NCCSCC3O[C@@H]4OCCCCCC3[C@@H](O)[C@@H]4O)[C@@H](O)C2O)[C@@H](O)C(O)[C@H]1O. The molecule has 11 N–H and O–H groups in total. The van der Waals surface area contributed by atoms with Crippen LogP contribution in [0.25, 0.3) is 0 Å². The fourth-order valence-electron chi connectivity index (χ4n) is 5.83. The van der Waals surface area contributed by atoms with Crippen molar-refractivity contribution < 1.29 is 69.6 Å². The highest BCUT2D eigenvalue weighted by Gasteiger charge is 2.50. The molecule has 2 bridgehead atoms. The fourth-order valence-corrected chi connectivity index (χ4v) is 7.02. The van der Waals surface area contributed by atoms with E-state index in [1.165, 1.54) is 0 Å². The summed E-state index contributed by atoms with van der Waals surface area (Å²) in [5, 5.41) is 97.8. The van der Waals surface area contributed by atoms with E-state index in [0.717, 1.165) is 25.7 Å². The topological polar surface area (TPSA) is 252 Å². The van der Waals surface area contributed by atoms with Gasteiger partial charge in [-0.3, -0.25) is 0 Å². The summed E-state index contributed by atoms with van der Waals surface area (Å²) in [6.45, 7) is -0.471. The second kappa shape index (κ2) is 17.0. The summed E-state index contributed by atoms with van der Waals surface area (Å²) in [6.07, 6.45) is -14.7. The van der Waals surface area contributed by atoms with Gasteiger partial charge in [0, 0.05) is 30.6 Å². The standard InChI is InChI=1S/C26H46N2O14S2/c29-8-12-16(32)17(33)21(37)25(40-12)42-22-13(9-30)39-23(19(35)18(22)34)28-26(43)27-5-7-44-10-14-11-4-2-1-3-6-38-24(41-14)20(36)15(11)31/h11-25,29-37H,1-10H2,(H2,27,28,43)/t11?,12?,13?,14?,15-,16+,17?,18?,19+,20+,21+,22-,23-,24+,25+/m1/s1. The first-order chi connectivity index (χ1) is 21.1. The zero-order valence-electron chi connectivity index (χ0n) is 24.1. The molecule has 0 aromatic carbocycles. The Bertz CT molecular complexity index is 894. The van der Waals surface area contributed by atoms with E-state index in [-0.39, 0.29) is 17.1 Å². The van der Waals surface area contributed by atoms with Crippen molar-refractivity contribution in [3.63, 3.8) is 0 Å². The Morgan fingerprint density at radius 2 is 1.52 bits per heavy atom. The molecule has 0 aromatic rings. The molecule has 0 amide bonds. The highest BCUT2D eigenvalue weighted by Crippen LogP contribution is 2.34. The number of nitrogens with one attached hydrogen (secondary N) is 2. The minimum atomic E-state index is -1.75. The summed E-state index contributed by atoms with van der Waals surface area (Å²) < 4.78 is 28.2. The van der Waals surface area contributed by atoms with Gasteiger partial charge in [-0.1, -0.05) is 12.8 Å². The van der Waals surface area contributed by atoms with Gasteiger partial charge < -0.3 is 80.3 Å². The number of hydrogen-bond acceptors (Lipinski definition) is 16. The molecule has 15 atom stereocenters. The van der Waals surface area contributed by atoms with Crippen molar-refractivity contribution in [2.24, 2.45) is 5.92 Å². The predicted octanol–water partition coefficient (Wildman–Crippen LogP) is -4.54. The molecule has 0 spiro atoms. The molecule has 5 rings (SSSR count). The third-order valence-corrected chi connectivity index (χ3v) is 9.73. The molecular weight excluding hydrogens is 628 g/mol. The Hall–Kier alpha value is -0.520. The maximum absolute atomic E-state index is 10.8. The van der Waals surface area contributed by atoms with Crippen molar-refractivity contribution in [3.05, 3.63) is 0 Å². The Morgan fingerprint density at radius 3 is 2.25 bits per heavy atom. The molecule has 44 heavy (non-hydrogen) atoms. The van der Waals surface area contributed by atoms with Crippen LogP contribution in [0, 0.1) is 5.92 Å². The summed E-state index contributed by atoms with van der Waals surface area (Å²) in [5.74, 6) is 0.972. The van der Waals surface area contributed by atoms with E-state index in [4.69, 9.17) is 35.9 Å². The molecule has 5 aliphatic heterocycles. The highest BCUT2D eigenvalue weighted by molar-refractivity contribution is 7.99. The monoisotopic (exact) mass is 674 g/mol. The molecule has 18 heteroatoms. The Morgan fingerprint density at radius 1 is 0.773 bits per heavy atom. The first kappa shape index (κ1) is 36.3. The molecule has 5 heterocycles. The van der Waals surface area contributed by atoms with Crippen LogP contribution in [-0.2, 0) is 23.7 Å². The highest BCUT2D eigenvalue weighted by atomic mass is 32.2. The maximum atomic E-state index is 10.8. The molecule has 16 nitrogen and oxygen atoms in total. The number of aliphatic hydroxyl groups is 9. The van der Waals surface area contributed by atoms with Crippen molar-refractivity contribution in [2.75, 3.05) is 37.9 Å². The predicted molar refractivity (Wildman–Crippen MR) is 156 cm³/mol. The van der Waals surface area contributed by atoms with E-state index >= 15 is 0 Å². The van der Waals surface area contributed by atoms with Crippen LogP contribution in [-0.4, -0.2) is 175 Å². The Balaban J connectivity index is 1.22. The average molecular weight is 675 g/mol. The van der Waals surface area contributed by atoms with Crippen LogP contribution < -0.4 is 10.6 Å². The molecule has 5 aliphatic rings. The number of thioether (sulfide) groups is 1. The van der Waals surface area contributed by atoms with Crippen molar-refractivity contribution in [3.8, 4) is 0 Å². The third-order valence-electron chi connectivity index (χ3n) is 8.41. The molecule has 0 radical (unpaired) electrons. The van der Waals surface area contributed by atoms with Crippen molar-refractivity contribution in [2.45, 2.75) is 112 Å². The minimum Gasteiger partial charge on any atom is -0.394 e. The summed E-state index contributed by atoms with van der Waals surface area (Å²) in [4.78, 5) is 0.